The number of hydrogen-bond donors (Lipinski definition) is 1. The first kappa shape index (κ1) is 16.0. The number of aryl methyl sites for hydroxylation is 2. The van der Waals surface area contributed by atoms with Gasteiger partial charge in [-0.15, -0.1) is 0 Å². The molecule has 0 aliphatic carbocycles. The molecule has 0 saturated heterocycles. The van der Waals surface area contributed by atoms with E-state index < -0.39 is 5.97 Å². The number of nitrogens with zero attached hydrogens (tertiary/aromatic N) is 1. The highest BCUT2D eigenvalue weighted by molar-refractivity contribution is 5.96. The Bertz CT molecular complexity index is 500. The van der Waals surface area contributed by atoms with E-state index in [0.717, 1.165) is 16.9 Å². The van der Waals surface area contributed by atoms with Crippen molar-refractivity contribution in [2.75, 3.05) is 13.7 Å². The summed E-state index contributed by atoms with van der Waals surface area (Å²) >= 11 is 0. The molecule has 0 fully saturated rings. The highest BCUT2D eigenvalue weighted by atomic mass is 16.5. The zero-order valence-corrected chi connectivity index (χ0v) is 12.6. The van der Waals surface area contributed by atoms with Gasteiger partial charge in [0.05, 0.1) is 7.11 Å². The molecule has 0 atom stereocenters. The third kappa shape index (κ3) is 3.50. The fraction of sp³-hybridized carbons (Fsp3) is 0.467. The zero-order chi connectivity index (χ0) is 15.4. The van der Waals surface area contributed by atoms with Crippen molar-refractivity contribution in [1.82, 2.24) is 4.90 Å². The Morgan fingerprint density at radius 2 is 1.75 bits per heavy atom. The molecule has 1 amide bonds. The number of rotatable bonds is 5. The minimum Gasteiger partial charge on any atom is -0.496 e. The lowest BCUT2D eigenvalue weighted by atomic mass is 10.0. The van der Waals surface area contributed by atoms with Gasteiger partial charge in [-0.2, -0.15) is 0 Å². The molecule has 0 saturated carbocycles. The molecule has 1 aromatic carbocycles. The SMILES string of the molecule is COc1c(C)cc(C(=O)N(CC(=O)O)C(C)C)cc1C. The van der Waals surface area contributed by atoms with E-state index in [-0.39, 0.29) is 18.5 Å². The quantitative estimate of drug-likeness (QED) is 0.897. The van der Waals surface area contributed by atoms with Crippen LogP contribution in [0.15, 0.2) is 12.1 Å². The van der Waals surface area contributed by atoms with Gasteiger partial charge in [-0.1, -0.05) is 0 Å². The van der Waals surface area contributed by atoms with Crippen molar-refractivity contribution in [1.29, 1.82) is 0 Å². The third-order valence-electron chi connectivity index (χ3n) is 3.10. The number of aliphatic carboxylic acids is 1. The van der Waals surface area contributed by atoms with Crippen LogP contribution < -0.4 is 4.74 Å². The number of carbonyl (C=O) groups excluding carboxylic acids is 1. The van der Waals surface area contributed by atoms with Crippen LogP contribution in [0.5, 0.6) is 5.75 Å². The summed E-state index contributed by atoms with van der Waals surface area (Å²) in [5, 5.41) is 8.91. The van der Waals surface area contributed by atoms with Gasteiger partial charge in [0.1, 0.15) is 12.3 Å². The normalized spacial score (nSPS) is 10.5. The standard InChI is InChI=1S/C15H21NO4/c1-9(2)16(8-13(17)18)15(19)12-6-10(3)14(20-5)11(4)7-12/h6-7,9H,8H2,1-5H3,(H,17,18). The second kappa shape index (κ2) is 6.41. The Hall–Kier alpha value is -2.04. The van der Waals surface area contributed by atoms with E-state index in [1.807, 2.05) is 13.8 Å². The summed E-state index contributed by atoms with van der Waals surface area (Å²) in [7, 11) is 1.58. The minimum absolute atomic E-state index is 0.179. The first-order valence-corrected chi connectivity index (χ1v) is 6.46. The molecule has 0 aliphatic rings. The van der Waals surface area contributed by atoms with Crippen LogP contribution in [-0.2, 0) is 4.79 Å². The molecule has 1 aromatic rings. The Balaban J connectivity index is 3.15. The van der Waals surface area contributed by atoms with Crippen molar-refractivity contribution >= 4 is 11.9 Å². The summed E-state index contributed by atoms with van der Waals surface area (Å²) in [6, 6.07) is 3.28. The Morgan fingerprint density at radius 1 is 1.25 bits per heavy atom. The van der Waals surface area contributed by atoms with Crippen LogP contribution >= 0.6 is 0 Å². The van der Waals surface area contributed by atoms with Gasteiger partial charge in [-0.25, -0.2) is 0 Å². The minimum atomic E-state index is -1.02. The van der Waals surface area contributed by atoms with E-state index in [1.54, 1.807) is 33.1 Å². The maximum absolute atomic E-state index is 12.4. The lowest BCUT2D eigenvalue weighted by Crippen LogP contribution is -2.40. The van der Waals surface area contributed by atoms with Crippen LogP contribution in [0, 0.1) is 13.8 Å². The summed E-state index contributed by atoms with van der Waals surface area (Å²) in [6.07, 6.45) is 0. The van der Waals surface area contributed by atoms with E-state index in [4.69, 9.17) is 9.84 Å². The second-order valence-corrected chi connectivity index (χ2v) is 5.06. The average molecular weight is 279 g/mol. The lowest BCUT2D eigenvalue weighted by Gasteiger charge is -2.25. The molecule has 5 heteroatoms. The van der Waals surface area contributed by atoms with E-state index in [9.17, 15) is 9.59 Å². The van der Waals surface area contributed by atoms with Crippen molar-refractivity contribution in [2.24, 2.45) is 0 Å². The molecular weight excluding hydrogens is 258 g/mol. The van der Waals surface area contributed by atoms with E-state index >= 15 is 0 Å². The summed E-state index contributed by atoms with van der Waals surface area (Å²) in [5.41, 5.74) is 2.19. The highest BCUT2D eigenvalue weighted by Gasteiger charge is 2.22. The van der Waals surface area contributed by atoms with Gasteiger partial charge in [0.15, 0.2) is 0 Å². The number of benzene rings is 1. The van der Waals surface area contributed by atoms with Gasteiger partial charge in [-0.3, -0.25) is 9.59 Å². The monoisotopic (exact) mass is 279 g/mol. The topological polar surface area (TPSA) is 66.8 Å². The van der Waals surface area contributed by atoms with Crippen molar-refractivity contribution in [3.63, 3.8) is 0 Å². The fourth-order valence-corrected chi connectivity index (χ4v) is 2.20. The number of amides is 1. The van der Waals surface area contributed by atoms with E-state index in [2.05, 4.69) is 0 Å². The largest absolute Gasteiger partial charge is 0.496 e. The molecule has 110 valence electrons. The molecule has 0 spiro atoms. The molecule has 0 radical (unpaired) electrons. The van der Waals surface area contributed by atoms with E-state index in [1.165, 1.54) is 4.90 Å². The second-order valence-electron chi connectivity index (χ2n) is 5.06. The molecule has 5 nitrogen and oxygen atoms in total. The van der Waals surface area contributed by atoms with Crippen LogP contribution in [-0.4, -0.2) is 41.6 Å². The highest BCUT2D eigenvalue weighted by Crippen LogP contribution is 2.25. The molecule has 0 aromatic heterocycles. The molecule has 1 N–H and O–H groups in total. The number of carboxylic acids is 1. The Kier molecular flexibility index (Phi) is 5.13. The smallest absolute Gasteiger partial charge is 0.323 e. The number of methoxy groups -OCH3 is 1. The van der Waals surface area contributed by atoms with Crippen molar-refractivity contribution in [2.45, 2.75) is 33.7 Å². The van der Waals surface area contributed by atoms with Gasteiger partial charge in [0, 0.05) is 11.6 Å². The number of ether oxygens (including phenoxy) is 1. The third-order valence-corrected chi connectivity index (χ3v) is 3.10. The number of hydrogen-bond acceptors (Lipinski definition) is 3. The van der Waals surface area contributed by atoms with Crippen LogP contribution in [0.4, 0.5) is 0 Å². The predicted molar refractivity (Wildman–Crippen MR) is 76.3 cm³/mol. The van der Waals surface area contributed by atoms with Crippen molar-refractivity contribution in [3.05, 3.63) is 28.8 Å². The summed E-state index contributed by atoms with van der Waals surface area (Å²) in [6.45, 7) is 7.01. The molecule has 1 rings (SSSR count). The van der Waals surface area contributed by atoms with Crippen molar-refractivity contribution in [3.8, 4) is 5.75 Å². The first-order valence-electron chi connectivity index (χ1n) is 6.46. The van der Waals surface area contributed by atoms with Crippen LogP contribution in [0.3, 0.4) is 0 Å². The van der Waals surface area contributed by atoms with Crippen LogP contribution in [0.25, 0.3) is 0 Å². The maximum atomic E-state index is 12.4. The van der Waals surface area contributed by atoms with Crippen molar-refractivity contribution < 1.29 is 19.4 Å². The molecular formula is C15H21NO4. The van der Waals surface area contributed by atoms with Crippen LogP contribution in [0.2, 0.25) is 0 Å². The number of carbonyl (C=O) groups is 2. The van der Waals surface area contributed by atoms with Gasteiger partial charge in [0.25, 0.3) is 5.91 Å². The lowest BCUT2D eigenvalue weighted by molar-refractivity contribution is -0.138. The summed E-state index contributed by atoms with van der Waals surface area (Å²) in [4.78, 5) is 24.7. The van der Waals surface area contributed by atoms with Gasteiger partial charge >= 0.3 is 5.97 Å². The molecule has 0 heterocycles. The average Bonchev–Trinajstić information content (AvgIpc) is 2.34. The predicted octanol–water partition coefficient (Wildman–Crippen LogP) is 2.25. The van der Waals surface area contributed by atoms with Gasteiger partial charge < -0.3 is 14.7 Å². The maximum Gasteiger partial charge on any atom is 0.323 e. The van der Waals surface area contributed by atoms with Gasteiger partial charge in [0.2, 0.25) is 0 Å². The first-order chi connectivity index (χ1) is 9.27. The molecule has 0 bridgehead atoms. The Labute approximate surface area is 119 Å². The van der Waals surface area contributed by atoms with Crippen LogP contribution in [0.1, 0.15) is 35.3 Å². The number of carboxylic acid groups (broad SMARTS) is 1. The molecule has 0 aliphatic heterocycles. The molecule has 0 unspecified atom stereocenters. The Morgan fingerprint density at radius 3 is 2.10 bits per heavy atom. The molecule has 20 heavy (non-hydrogen) atoms. The fourth-order valence-electron chi connectivity index (χ4n) is 2.20. The summed E-state index contributed by atoms with van der Waals surface area (Å²) < 4.78 is 5.26. The van der Waals surface area contributed by atoms with E-state index in [0.29, 0.717) is 5.56 Å². The van der Waals surface area contributed by atoms with Gasteiger partial charge in [-0.05, 0) is 51.0 Å². The zero-order valence-electron chi connectivity index (χ0n) is 12.6. The summed E-state index contributed by atoms with van der Waals surface area (Å²) in [5.74, 6) is -0.554.